The summed E-state index contributed by atoms with van der Waals surface area (Å²) in [6, 6.07) is 10.3. The molecular weight excluding hydrogens is 320 g/mol. The molecule has 3 heterocycles. The van der Waals surface area contributed by atoms with Crippen LogP contribution in [0.4, 0.5) is 4.79 Å². The van der Waals surface area contributed by atoms with E-state index in [4.69, 9.17) is 0 Å². The van der Waals surface area contributed by atoms with Gasteiger partial charge in [0, 0.05) is 36.3 Å². The van der Waals surface area contributed by atoms with Crippen LogP contribution < -0.4 is 10.6 Å². The van der Waals surface area contributed by atoms with Crippen LogP contribution in [0.2, 0.25) is 0 Å². The maximum Gasteiger partial charge on any atom is 0.314 e. The summed E-state index contributed by atoms with van der Waals surface area (Å²) in [6.07, 6.45) is 5.02. The molecule has 0 aromatic carbocycles. The van der Waals surface area contributed by atoms with E-state index in [-0.39, 0.29) is 12.1 Å². The minimum absolute atomic E-state index is 0.105. The Labute approximate surface area is 147 Å². The van der Waals surface area contributed by atoms with Crippen molar-refractivity contribution in [1.29, 1.82) is 0 Å². The van der Waals surface area contributed by atoms with Crippen molar-refractivity contribution in [1.82, 2.24) is 20.5 Å². The van der Waals surface area contributed by atoms with Crippen molar-refractivity contribution >= 4 is 17.4 Å². The van der Waals surface area contributed by atoms with E-state index in [0.717, 1.165) is 25.2 Å². The molecule has 0 aliphatic carbocycles. The Kier molecular flexibility index (Phi) is 6.20. The van der Waals surface area contributed by atoms with Crippen LogP contribution in [0.25, 0.3) is 0 Å². The standard InChI is InChI=1S/C18H24N4OS/c23-18(20-10-8-15-6-1-2-9-19-15)21-14-16(17-7-5-13-24-17)22-11-3-4-12-22/h1-2,5-7,9,13,16H,3-4,8,10-12,14H2,(H2,20,21,23)/t16-/m1/s1. The molecule has 1 saturated heterocycles. The Morgan fingerprint density at radius 3 is 2.79 bits per heavy atom. The molecule has 1 aliphatic heterocycles. The molecule has 2 amide bonds. The highest BCUT2D eigenvalue weighted by Crippen LogP contribution is 2.27. The van der Waals surface area contributed by atoms with Crippen LogP contribution in [-0.4, -0.2) is 42.1 Å². The Hall–Kier alpha value is -1.92. The lowest BCUT2D eigenvalue weighted by Gasteiger charge is -2.26. The van der Waals surface area contributed by atoms with Gasteiger partial charge in [0.25, 0.3) is 0 Å². The van der Waals surface area contributed by atoms with Gasteiger partial charge in [-0.25, -0.2) is 4.79 Å². The Morgan fingerprint density at radius 1 is 1.21 bits per heavy atom. The van der Waals surface area contributed by atoms with Crippen LogP contribution in [0.5, 0.6) is 0 Å². The van der Waals surface area contributed by atoms with Crippen molar-refractivity contribution in [3.8, 4) is 0 Å². The van der Waals surface area contributed by atoms with Crippen molar-refractivity contribution in [2.75, 3.05) is 26.2 Å². The van der Waals surface area contributed by atoms with E-state index in [2.05, 4.69) is 38.0 Å². The van der Waals surface area contributed by atoms with E-state index in [0.29, 0.717) is 13.1 Å². The van der Waals surface area contributed by atoms with E-state index in [1.165, 1.54) is 17.7 Å². The van der Waals surface area contributed by atoms with Gasteiger partial charge in [-0.1, -0.05) is 12.1 Å². The number of amides is 2. The minimum atomic E-state index is -0.105. The fourth-order valence-electron chi connectivity index (χ4n) is 3.05. The van der Waals surface area contributed by atoms with E-state index < -0.39 is 0 Å². The lowest BCUT2D eigenvalue weighted by Crippen LogP contribution is -2.42. The molecule has 2 aromatic heterocycles. The Morgan fingerprint density at radius 2 is 2.08 bits per heavy atom. The van der Waals surface area contributed by atoms with Crippen LogP contribution in [0.15, 0.2) is 41.9 Å². The summed E-state index contributed by atoms with van der Waals surface area (Å²) >= 11 is 1.76. The first kappa shape index (κ1) is 16.9. The van der Waals surface area contributed by atoms with Gasteiger partial charge in [0.2, 0.25) is 0 Å². The highest BCUT2D eigenvalue weighted by Gasteiger charge is 2.24. The summed E-state index contributed by atoms with van der Waals surface area (Å²) in [4.78, 5) is 20.1. The molecule has 0 bridgehead atoms. The molecule has 6 heteroatoms. The van der Waals surface area contributed by atoms with Gasteiger partial charge >= 0.3 is 6.03 Å². The number of likely N-dealkylation sites (tertiary alicyclic amines) is 1. The predicted molar refractivity (Wildman–Crippen MR) is 97.2 cm³/mol. The zero-order chi connectivity index (χ0) is 16.6. The van der Waals surface area contributed by atoms with Crippen LogP contribution in [0, 0.1) is 0 Å². The lowest BCUT2D eigenvalue weighted by molar-refractivity contribution is 0.222. The first-order valence-electron chi connectivity index (χ1n) is 8.52. The zero-order valence-electron chi connectivity index (χ0n) is 13.8. The summed E-state index contributed by atoms with van der Waals surface area (Å²) in [6.45, 7) is 3.48. The number of hydrogen-bond acceptors (Lipinski definition) is 4. The van der Waals surface area contributed by atoms with Crippen LogP contribution in [0.1, 0.15) is 29.5 Å². The average Bonchev–Trinajstić information content (AvgIpc) is 3.30. The quantitative estimate of drug-likeness (QED) is 0.812. The molecule has 0 saturated carbocycles. The van der Waals surface area contributed by atoms with Crippen molar-refractivity contribution in [2.24, 2.45) is 0 Å². The lowest BCUT2D eigenvalue weighted by atomic mass is 10.2. The van der Waals surface area contributed by atoms with E-state index in [1.807, 2.05) is 18.2 Å². The van der Waals surface area contributed by atoms with Crippen molar-refractivity contribution in [2.45, 2.75) is 25.3 Å². The second kappa shape index (κ2) is 8.80. The molecule has 2 N–H and O–H groups in total. The molecule has 1 atom stereocenters. The smallest absolute Gasteiger partial charge is 0.314 e. The average molecular weight is 344 g/mol. The first-order chi connectivity index (χ1) is 11.8. The largest absolute Gasteiger partial charge is 0.338 e. The molecule has 5 nitrogen and oxygen atoms in total. The molecule has 1 fully saturated rings. The molecule has 3 rings (SSSR count). The van der Waals surface area contributed by atoms with E-state index in [9.17, 15) is 4.79 Å². The second-order valence-corrected chi connectivity index (χ2v) is 6.96. The molecule has 1 aliphatic rings. The minimum Gasteiger partial charge on any atom is -0.338 e. The van der Waals surface area contributed by atoms with Gasteiger partial charge < -0.3 is 10.6 Å². The molecular formula is C18H24N4OS. The number of aromatic nitrogens is 1. The van der Waals surface area contributed by atoms with Gasteiger partial charge in [0.1, 0.15) is 0 Å². The van der Waals surface area contributed by atoms with Crippen LogP contribution in [0.3, 0.4) is 0 Å². The van der Waals surface area contributed by atoms with Crippen molar-refractivity contribution < 1.29 is 4.79 Å². The monoisotopic (exact) mass is 344 g/mol. The number of nitrogens with one attached hydrogen (secondary N) is 2. The molecule has 0 unspecified atom stereocenters. The fraction of sp³-hybridized carbons (Fsp3) is 0.444. The number of urea groups is 1. The van der Waals surface area contributed by atoms with Crippen LogP contribution >= 0.6 is 11.3 Å². The molecule has 0 radical (unpaired) electrons. The van der Waals surface area contributed by atoms with E-state index in [1.54, 1.807) is 17.5 Å². The maximum atomic E-state index is 12.1. The fourth-order valence-corrected chi connectivity index (χ4v) is 3.91. The number of thiophene rings is 1. The summed E-state index contributed by atoms with van der Waals surface area (Å²) in [5, 5.41) is 8.05. The molecule has 2 aromatic rings. The number of pyridine rings is 1. The third kappa shape index (κ3) is 4.79. The summed E-state index contributed by atoms with van der Waals surface area (Å²) in [5.41, 5.74) is 0.992. The Balaban J connectivity index is 1.44. The number of hydrogen-bond donors (Lipinski definition) is 2. The number of rotatable bonds is 7. The predicted octanol–water partition coefficient (Wildman–Crippen LogP) is 2.82. The maximum absolute atomic E-state index is 12.1. The molecule has 24 heavy (non-hydrogen) atoms. The van der Waals surface area contributed by atoms with Crippen LogP contribution in [-0.2, 0) is 6.42 Å². The molecule has 0 spiro atoms. The third-order valence-corrected chi connectivity index (χ3v) is 5.28. The van der Waals surface area contributed by atoms with Gasteiger partial charge in [-0.2, -0.15) is 0 Å². The first-order valence-corrected chi connectivity index (χ1v) is 9.40. The Bertz CT molecular complexity index is 611. The summed E-state index contributed by atoms with van der Waals surface area (Å²) < 4.78 is 0. The topological polar surface area (TPSA) is 57.3 Å². The second-order valence-electron chi connectivity index (χ2n) is 5.98. The van der Waals surface area contributed by atoms with Gasteiger partial charge in [0.15, 0.2) is 0 Å². The van der Waals surface area contributed by atoms with Crippen molar-refractivity contribution in [3.05, 3.63) is 52.5 Å². The number of carbonyl (C=O) groups is 1. The highest BCUT2D eigenvalue weighted by atomic mass is 32.1. The SMILES string of the molecule is O=C(NCCc1ccccn1)NC[C@H](c1cccs1)N1CCCC1. The number of carbonyl (C=O) groups excluding carboxylic acids is 1. The van der Waals surface area contributed by atoms with Gasteiger partial charge in [-0.15, -0.1) is 11.3 Å². The highest BCUT2D eigenvalue weighted by molar-refractivity contribution is 7.10. The van der Waals surface area contributed by atoms with Gasteiger partial charge in [0.05, 0.1) is 6.04 Å². The summed E-state index contributed by atoms with van der Waals surface area (Å²) in [7, 11) is 0. The summed E-state index contributed by atoms with van der Waals surface area (Å²) in [5.74, 6) is 0. The molecule has 128 valence electrons. The third-order valence-electron chi connectivity index (χ3n) is 4.30. The zero-order valence-corrected chi connectivity index (χ0v) is 14.6. The van der Waals surface area contributed by atoms with Crippen molar-refractivity contribution in [3.63, 3.8) is 0 Å². The van der Waals surface area contributed by atoms with E-state index >= 15 is 0 Å². The number of nitrogens with zero attached hydrogens (tertiary/aromatic N) is 2. The van der Waals surface area contributed by atoms with Gasteiger partial charge in [-0.3, -0.25) is 9.88 Å². The normalized spacial score (nSPS) is 16.0. The van der Waals surface area contributed by atoms with Gasteiger partial charge in [-0.05, 0) is 49.5 Å².